The summed E-state index contributed by atoms with van der Waals surface area (Å²) in [6.07, 6.45) is 0. The van der Waals surface area contributed by atoms with Crippen molar-refractivity contribution in [2.24, 2.45) is 4.99 Å². The lowest BCUT2D eigenvalue weighted by atomic mass is 9.97. The molecule has 4 rings (SSSR count). The molecule has 0 bridgehead atoms. The number of nitrogens with zero attached hydrogens (tertiary/aromatic N) is 2. The van der Waals surface area contributed by atoms with Crippen LogP contribution in [0.4, 0.5) is 0 Å². The molecule has 3 aromatic carbocycles. The number of carbonyl (C=O) groups is 2. The molecule has 0 unspecified atom stereocenters. The number of benzene rings is 3. The average Bonchev–Trinajstić information content (AvgIpc) is 3.11. The second-order valence-corrected chi connectivity index (χ2v) is 8.41. The molecule has 0 spiro atoms. The number of fused-ring (bicyclic) bond motifs is 3. The highest BCUT2D eigenvalue weighted by molar-refractivity contribution is 14.1. The van der Waals surface area contributed by atoms with Crippen LogP contribution in [0.15, 0.2) is 65.7 Å². The van der Waals surface area contributed by atoms with Crippen molar-refractivity contribution < 1.29 is 14.7 Å². The number of rotatable bonds is 7. The maximum Gasteiger partial charge on any atom is 0.325 e. The first-order chi connectivity index (χ1) is 15.4. The fourth-order valence-corrected chi connectivity index (χ4v) is 4.80. The van der Waals surface area contributed by atoms with E-state index in [4.69, 9.17) is 5.11 Å². The number of aliphatic carboxylic acids is 1. The molecule has 4 aromatic rings. The van der Waals surface area contributed by atoms with E-state index in [1.807, 2.05) is 55.5 Å². The zero-order chi connectivity index (χ0) is 22.8. The summed E-state index contributed by atoms with van der Waals surface area (Å²) < 4.78 is 2.84. The van der Waals surface area contributed by atoms with Gasteiger partial charge >= 0.3 is 5.97 Å². The summed E-state index contributed by atoms with van der Waals surface area (Å²) in [5.41, 5.74) is 6.12. The normalized spacial score (nSPS) is 11.9. The molecule has 0 aliphatic carbocycles. The highest BCUT2D eigenvalue weighted by atomic mass is 127. The van der Waals surface area contributed by atoms with Crippen LogP contribution in [-0.2, 0) is 11.3 Å². The summed E-state index contributed by atoms with van der Waals surface area (Å²) in [6.45, 7) is 4.60. The molecule has 0 fully saturated rings. The number of aromatic nitrogens is 1. The third-order valence-electron chi connectivity index (χ3n) is 5.70. The van der Waals surface area contributed by atoms with Gasteiger partial charge < -0.3 is 9.67 Å². The van der Waals surface area contributed by atoms with Crippen molar-refractivity contribution in [3.05, 3.63) is 82.9 Å². The summed E-state index contributed by atoms with van der Waals surface area (Å²) >= 11 is 2.20. The number of carbonyl (C=O) groups excluding carboxylic acids is 1. The molecular weight excluding hydrogens is 515 g/mol. The number of ketones is 1. The topological polar surface area (TPSA) is 71.7 Å². The second kappa shape index (κ2) is 9.24. The number of alkyl halides is 1. The van der Waals surface area contributed by atoms with Gasteiger partial charge in [0.05, 0.1) is 5.71 Å². The Balaban J connectivity index is 1.90. The van der Waals surface area contributed by atoms with Crippen molar-refractivity contribution >= 4 is 61.9 Å². The van der Waals surface area contributed by atoms with E-state index in [9.17, 15) is 9.59 Å². The van der Waals surface area contributed by atoms with Crippen molar-refractivity contribution in [2.45, 2.75) is 20.4 Å². The lowest BCUT2D eigenvalue weighted by molar-refractivity contribution is -0.135. The minimum atomic E-state index is -0.949. The first-order valence-electron chi connectivity index (χ1n) is 10.4. The Labute approximate surface area is 199 Å². The first kappa shape index (κ1) is 22.2. The fourth-order valence-electron chi connectivity index (χ4n) is 4.12. The third-order valence-corrected chi connectivity index (χ3v) is 6.42. The number of hydrogen-bond donors (Lipinski definition) is 1. The van der Waals surface area contributed by atoms with Crippen LogP contribution in [0.2, 0.25) is 0 Å². The van der Waals surface area contributed by atoms with E-state index in [-0.39, 0.29) is 12.3 Å². The van der Waals surface area contributed by atoms with E-state index in [1.165, 1.54) is 0 Å². The van der Waals surface area contributed by atoms with E-state index in [0.717, 1.165) is 45.2 Å². The Morgan fingerprint density at radius 3 is 2.19 bits per heavy atom. The summed E-state index contributed by atoms with van der Waals surface area (Å²) in [5, 5.41) is 11.0. The van der Waals surface area contributed by atoms with Crippen LogP contribution in [0.3, 0.4) is 0 Å². The number of hydrogen-bond acceptors (Lipinski definition) is 3. The highest BCUT2D eigenvalue weighted by Gasteiger charge is 2.16. The molecule has 1 heterocycles. The van der Waals surface area contributed by atoms with Gasteiger partial charge in [0.25, 0.3) is 0 Å². The van der Waals surface area contributed by atoms with E-state index < -0.39 is 5.97 Å². The fraction of sp³-hybridized carbons (Fsp3) is 0.192. The van der Waals surface area contributed by atoms with Crippen molar-refractivity contribution in [1.82, 2.24) is 4.57 Å². The van der Waals surface area contributed by atoms with Crippen LogP contribution in [-0.4, -0.2) is 38.1 Å². The van der Waals surface area contributed by atoms with Crippen LogP contribution in [0, 0.1) is 6.92 Å². The van der Waals surface area contributed by atoms with Gasteiger partial charge in [0.15, 0.2) is 5.78 Å². The van der Waals surface area contributed by atoms with Crippen molar-refractivity contribution in [3.63, 3.8) is 0 Å². The molecule has 162 valence electrons. The zero-order valence-corrected chi connectivity index (χ0v) is 20.1. The Morgan fingerprint density at radius 2 is 1.59 bits per heavy atom. The standard InChI is InChI=1S/C26H23IN2O3/c1-3-29-23-10-8-17(22(14-27)28-15-25(30)31)12-20(23)21-13-18(9-11-24(21)29)26(32)19-7-5-4-6-16(19)2/h4-13H,3,14-15H2,1-2H3,(H,30,31). The van der Waals surface area contributed by atoms with Gasteiger partial charge in [-0.3, -0.25) is 14.6 Å². The van der Waals surface area contributed by atoms with E-state index in [2.05, 4.69) is 51.2 Å². The lowest BCUT2D eigenvalue weighted by Gasteiger charge is -2.06. The summed E-state index contributed by atoms with van der Waals surface area (Å²) in [4.78, 5) is 28.5. The third kappa shape index (κ3) is 4.07. The Hall–Kier alpha value is -3.00. The molecular formula is C26H23IN2O3. The van der Waals surface area contributed by atoms with Gasteiger partial charge in [0, 0.05) is 43.9 Å². The smallest absolute Gasteiger partial charge is 0.325 e. The molecule has 1 aromatic heterocycles. The number of carboxylic acid groups (broad SMARTS) is 1. The largest absolute Gasteiger partial charge is 0.480 e. The Morgan fingerprint density at radius 1 is 0.969 bits per heavy atom. The van der Waals surface area contributed by atoms with Crippen LogP contribution in [0.25, 0.3) is 21.8 Å². The van der Waals surface area contributed by atoms with Gasteiger partial charge in [-0.2, -0.15) is 0 Å². The Bertz CT molecular complexity index is 1380. The number of aryl methyl sites for hydroxylation is 2. The van der Waals surface area contributed by atoms with Gasteiger partial charge in [-0.15, -0.1) is 0 Å². The van der Waals surface area contributed by atoms with Gasteiger partial charge in [0.1, 0.15) is 6.54 Å². The monoisotopic (exact) mass is 538 g/mol. The molecule has 0 aliphatic rings. The van der Waals surface area contributed by atoms with Gasteiger partial charge in [-0.1, -0.05) is 52.9 Å². The van der Waals surface area contributed by atoms with Crippen LogP contribution in [0.1, 0.15) is 34.0 Å². The highest BCUT2D eigenvalue weighted by Crippen LogP contribution is 2.31. The zero-order valence-electron chi connectivity index (χ0n) is 17.9. The van der Waals surface area contributed by atoms with Crippen molar-refractivity contribution in [1.29, 1.82) is 0 Å². The summed E-state index contributed by atoms with van der Waals surface area (Å²) in [5.74, 6) is -0.940. The van der Waals surface area contributed by atoms with Crippen LogP contribution in [0.5, 0.6) is 0 Å². The van der Waals surface area contributed by atoms with Gasteiger partial charge in [-0.25, -0.2) is 0 Å². The molecule has 0 saturated heterocycles. The minimum absolute atomic E-state index is 0.00882. The number of halogens is 1. The van der Waals surface area contributed by atoms with E-state index >= 15 is 0 Å². The summed E-state index contributed by atoms with van der Waals surface area (Å²) in [6, 6.07) is 19.6. The average molecular weight is 538 g/mol. The van der Waals surface area contributed by atoms with Gasteiger partial charge in [0.2, 0.25) is 0 Å². The molecule has 5 nitrogen and oxygen atoms in total. The second-order valence-electron chi connectivity index (χ2n) is 7.64. The SMILES string of the molecule is CCn1c2ccc(C(=O)c3ccccc3C)cc2c2cc(C(CI)=NCC(=O)O)ccc21. The Kier molecular flexibility index (Phi) is 6.41. The molecule has 0 aliphatic heterocycles. The van der Waals surface area contributed by atoms with Crippen molar-refractivity contribution in [3.8, 4) is 0 Å². The van der Waals surface area contributed by atoms with E-state index in [1.54, 1.807) is 0 Å². The summed E-state index contributed by atoms with van der Waals surface area (Å²) in [7, 11) is 0. The molecule has 6 heteroatoms. The lowest BCUT2D eigenvalue weighted by Crippen LogP contribution is -2.08. The van der Waals surface area contributed by atoms with Crippen molar-refractivity contribution in [2.75, 3.05) is 11.0 Å². The predicted molar refractivity (Wildman–Crippen MR) is 138 cm³/mol. The number of aliphatic imine (C=N–C) groups is 1. The quantitative estimate of drug-likeness (QED) is 0.143. The predicted octanol–water partition coefficient (Wildman–Crippen LogP) is 5.66. The maximum absolute atomic E-state index is 13.2. The van der Waals surface area contributed by atoms with Crippen LogP contribution >= 0.6 is 22.6 Å². The molecule has 1 N–H and O–H groups in total. The number of carboxylic acids is 1. The van der Waals surface area contributed by atoms with Crippen LogP contribution < -0.4 is 0 Å². The molecule has 32 heavy (non-hydrogen) atoms. The molecule has 0 saturated carbocycles. The van der Waals surface area contributed by atoms with Gasteiger partial charge in [-0.05, 0) is 55.3 Å². The van der Waals surface area contributed by atoms with E-state index in [0.29, 0.717) is 15.6 Å². The first-order valence-corrected chi connectivity index (χ1v) is 11.9. The molecule has 0 radical (unpaired) electrons. The molecule has 0 amide bonds. The minimum Gasteiger partial charge on any atom is -0.480 e. The maximum atomic E-state index is 13.2. The molecule has 0 atom stereocenters.